The molecule has 10 aromatic rings. The Balaban J connectivity index is 1.15. The van der Waals surface area contributed by atoms with Crippen LogP contribution in [-0.4, -0.2) is 4.98 Å². The van der Waals surface area contributed by atoms with Crippen molar-refractivity contribution in [2.24, 2.45) is 0 Å². The number of rotatable bonds is 6. The summed E-state index contributed by atoms with van der Waals surface area (Å²) in [6.45, 7) is 0. The van der Waals surface area contributed by atoms with Gasteiger partial charge in [-0.05, 0) is 76.0 Å². The third kappa shape index (κ3) is 5.16. The molecule has 0 unspecified atom stereocenters. The van der Waals surface area contributed by atoms with Crippen molar-refractivity contribution in [3.8, 4) is 32.8 Å². The number of furan rings is 1. The molecule has 2 heterocycles. The molecule has 4 heteroatoms. The first-order valence-electron chi connectivity index (χ1n) is 17.1. The highest BCUT2D eigenvalue weighted by Gasteiger charge is 2.21. The molecule has 0 N–H and O–H groups in total. The minimum Gasteiger partial charge on any atom is -0.456 e. The molecule has 0 aliphatic heterocycles. The van der Waals surface area contributed by atoms with Gasteiger partial charge in [-0.2, -0.15) is 0 Å². The molecule has 10 rings (SSSR count). The fourth-order valence-corrected chi connectivity index (χ4v) is 8.33. The molecule has 0 aliphatic carbocycles. The van der Waals surface area contributed by atoms with Crippen LogP contribution in [0.25, 0.3) is 75.8 Å². The molecule has 51 heavy (non-hydrogen) atoms. The predicted molar refractivity (Wildman–Crippen MR) is 215 cm³/mol. The van der Waals surface area contributed by atoms with Crippen molar-refractivity contribution in [3.05, 3.63) is 182 Å². The molecule has 240 valence electrons. The van der Waals surface area contributed by atoms with Gasteiger partial charge < -0.3 is 9.32 Å². The van der Waals surface area contributed by atoms with E-state index in [0.717, 1.165) is 65.4 Å². The fraction of sp³-hybridized carbons (Fsp3) is 0. The van der Waals surface area contributed by atoms with Crippen molar-refractivity contribution in [2.75, 3.05) is 4.90 Å². The Labute approximate surface area is 299 Å². The summed E-state index contributed by atoms with van der Waals surface area (Å²) in [4.78, 5) is 7.35. The summed E-state index contributed by atoms with van der Waals surface area (Å²) >= 11 is 1.72. The van der Waals surface area contributed by atoms with E-state index in [9.17, 15) is 0 Å². The van der Waals surface area contributed by atoms with Crippen molar-refractivity contribution < 1.29 is 4.42 Å². The molecular weight excluding hydrogens is 641 g/mol. The molecule has 0 bridgehead atoms. The summed E-state index contributed by atoms with van der Waals surface area (Å²) in [5, 5.41) is 5.67. The quantitative estimate of drug-likeness (QED) is 0.176. The summed E-state index contributed by atoms with van der Waals surface area (Å²) in [5.74, 6) is 0. The minimum atomic E-state index is 0.846. The Kier molecular flexibility index (Phi) is 7.00. The van der Waals surface area contributed by atoms with Crippen LogP contribution in [-0.2, 0) is 0 Å². The molecule has 2 aromatic heterocycles. The Hall–Kier alpha value is -6.49. The standard InChI is InChI=1S/C47H30N2OS/c1-3-11-31(12-4-1)33-21-23-37(24-22-33)49(42-18-10-9-17-39(42)36-20-19-32-13-7-8-16-35(32)29-36)38-25-26-40-44(30-38)50-43-28-27-41-46(45(40)43)51-47(48-41)34-14-5-2-6-15-34/h1-30H. The van der Waals surface area contributed by atoms with Crippen molar-refractivity contribution in [2.45, 2.75) is 0 Å². The van der Waals surface area contributed by atoms with E-state index in [2.05, 4.69) is 181 Å². The molecular formula is C47H30N2OS. The Morgan fingerprint density at radius 1 is 0.471 bits per heavy atom. The van der Waals surface area contributed by atoms with Gasteiger partial charge in [0, 0.05) is 39.3 Å². The number of benzene rings is 8. The second-order valence-electron chi connectivity index (χ2n) is 12.8. The van der Waals surface area contributed by atoms with E-state index in [-0.39, 0.29) is 0 Å². The summed E-state index contributed by atoms with van der Waals surface area (Å²) in [6.07, 6.45) is 0. The van der Waals surface area contributed by atoms with Crippen molar-refractivity contribution in [3.63, 3.8) is 0 Å². The number of thiazole rings is 1. The van der Waals surface area contributed by atoms with Gasteiger partial charge in [0.15, 0.2) is 0 Å². The van der Waals surface area contributed by atoms with Gasteiger partial charge in [-0.3, -0.25) is 0 Å². The van der Waals surface area contributed by atoms with E-state index < -0.39 is 0 Å². The van der Waals surface area contributed by atoms with E-state index in [1.54, 1.807) is 11.3 Å². The maximum Gasteiger partial charge on any atom is 0.137 e. The van der Waals surface area contributed by atoms with Crippen LogP contribution in [0.4, 0.5) is 17.1 Å². The van der Waals surface area contributed by atoms with Gasteiger partial charge in [0.25, 0.3) is 0 Å². The highest BCUT2D eigenvalue weighted by Crippen LogP contribution is 2.45. The molecule has 8 aromatic carbocycles. The zero-order valence-electron chi connectivity index (χ0n) is 27.5. The smallest absolute Gasteiger partial charge is 0.137 e. The lowest BCUT2D eigenvalue weighted by molar-refractivity contribution is 0.669. The van der Waals surface area contributed by atoms with Crippen LogP contribution in [0, 0.1) is 0 Å². The third-order valence-corrected chi connectivity index (χ3v) is 10.8. The molecule has 0 saturated carbocycles. The number of hydrogen-bond donors (Lipinski definition) is 0. The van der Waals surface area contributed by atoms with Crippen LogP contribution in [0.1, 0.15) is 0 Å². The average molecular weight is 671 g/mol. The first kappa shape index (κ1) is 29.4. The van der Waals surface area contributed by atoms with Gasteiger partial charge in [-0.15, -0.1) is 11.3 Å². The number of nitrogens with zero attached hydrogens (tertiary/aromatic N) is 2. The van der Waals surface area contributed by atoms with Gasteiger partial charge in [0.2, 0.25) is 0 Å². The number of para-hydroxylation sites is 1. The normalized spacial score (nSPS) is 11.5. The lowest BCUT2D eigenvalue weighted by Crippen LogP contribution is -2.11. The SMILES string of the molecule is c1ccc(-c2ccc(N(c3ccc4c(c3)oc3ccc5nc(-c6ccccc6)sc5c34)c3ccccc3-c3ccc4ccccc4c3)cc2)cc1. The molecule has 0 spiro atoms. The first-order chi connectivity index (χ1) is 25.3. The summed E-state index contributed by atoms with van der Waals surface area (Å²) in [5.41, 5.74) is 11.7. The second-order valence-corrected chi connectivity index (χ2v) is 13.8. The van der Waals surface area contributed by atoms with Gasteiger partial charge in [-0.1, -0.05) is 127 Å². The van der Waals surface area contributed by atoms with Gasteiger partial charge in [0.05, 0.1) is 15.9 Å². The highest BCUT2D eigenvalue weighted by atomic mass is 32.1. The number of aromatic nitrogens is 1. The molecule has 0 saturated heterocycles. The van der Waals surface area contributed by atoms with E-state index >= 15 is 0 Å². The maximum absolute atomic E-state index is 6.63. The van der Waals surface area contributed by atoms with Gasteiger partial charge in [0.1, 0.15) is 16.2 Å². The maximum atomic E-state index is 6.63. The zero-order valence-corrected chi connectivity index (χ0v) is 28.3. The monoisotopic (exact) mass is 670 g/mol. The molecule has 0 aliphatic rings. The molecule has 0 atom stereocenters. The van der Waals surface area contributed by atoms with Crippen LogP contribution >= 0.6 is 11.3 Å². The minimum absolute atomic E-state index is 0.846. The number of fused-ring (bicyclic) bond motifs is 6. The van der Waals surface area contributed by atoms with Crippen LogP contribution in [0.3, 0.4) is 0 Å². The van der Waals surface area contributed by atoms with E-state index in [4.69, 9.17) is 9.40 Å². The lowest BCUT2D eigenvalue weighted by Gasteiger charge is -2.28. The topological polar surface area (TPSA) is 29.3 Å². The second kappa shape index (κ2) is 12.1. The van der Waals surface area contributed by atoms with E-state index in [1.807, 2.05) is 6.07 Å². The Morgan fingerprint density at radius 2 is 1.14 bits per heavy atom. The van der Waals surface area contributed by atoms with Crippen molar-refractivity contribution in [1.82, 2.24) is 4.98 Å². The van der Waals surface area contributed by atoms with Crippen LogP contribution < -0.4 is 4.90 Å². The van der Waals surface area contributed by atoms with Crippen LogP contribution in [0.2, 0.25) is 0 Å². The van der Waals surface area contributed by atoms with Crippen molar-refractivity contribution >= 4 is 71.3 Å². The largest absolute Gasteiger partial charge is 0.456 e. The highest BCUT2D eigenvalue weighted by molar-refractivity contribution is 7.22. The van der Waals surface area contributed by atoms with Gasteiger partial charge in [-0.25, -0.2) is 4.98 Å². The number of hydrogen-bond acceptors (Lipinski definition) is 4. The summed E-state index contributed by atoms with van der Waals surface area (Å²) in [7, 11) is 0. The van der Waals surface area contributed by atoms with Crippen molar-refractivity contribution in [1.29, 1.82) is 0 Å². The van der Waals surface area contributed by atoms with Crippen LogP contribution in [0.5, 0.6) is 0 Å². The van der Waals surface area contributed by atoms with Gasteiger partial charge >= 0.3 is 0 Å². The van der Waals surface area contributed by atoms with E-state index in [1.165, 1.54) is 27.5 Å². The molecule has 3 nitrogen and oxygen atoms in total. The Bertz CT molecular complexity index is 2850. The van der Waals surface area contributed by atoms with Crippen LogP contribution in [0.15, 0.2) is 186 Å². The molecule has 0 amide bonds. The van der Waals surface area contributed by atoms with E-state index in [0.29, 0.717) is 0 Å². The fourth-order valence-electron chi connectivity index (χ4n) is 7.21. The third-order valence-electron chi connectivity index (χ3n) is 9.69. The average Bonchev–Trinajstić information content (AvgIpc) is 3.81. The predicted octanol–water partition coefficient (Wildman–Crippen LogP) is 13.8. The zero-order chi connectivity index (χ0) is 33.7. The summed E-state index contributed by atoms with van der Waals surface area (Å²) < 4.78 is 7.78. The lowest BCUT2D eigenvalue weighted by atomic mass is 9.98. The molecule has 0 radical (unpaired) electrons. The Morgan fingerprint density at radius 3 is 1.96 bits per heavy atom. The molecule has 0 fully saturated rings. The first-order valence-corrected chi connectivity index (χ1v) is 17.9. The summed E-state index contributed by atoms with van der Waals surface area (Å²) in [6, 6.07) is 64.5. The number of anilines is 3.